The van der Waals surface area contributed by atoms with Gasteiger partial charge in [0.2, 0.25) is 10.7 Å². The molecule has 106 valence electrons. The van der Waals surface area contributed by atoms with Crippen molar-refractivity contribution in [3.05, 3.63) is 24.3 Å². The molecule has 1 N–H and O–H groups in total. The van der Waals surface area contributed by atoms with Crippen LogP contribution in [-0.2, 0) is 9.53 Å². The molecule has 0 aliphatic rings. The van der Waals surface area contributed by atoms with Gasteiger partial charge in [-0.3, -0.25) is 0 Å². The van der Waals surface area contributed by atoms with Gasteiger partial charge in [0.25, 0.3) is 0 Å². The number of tetrazole rings is 1. The largest absolute Gasteiger partial charge is 0.508 e. The molecule has 9 heteroatoms. The van der Waals surface area contributed by atoms with Gasteiger partial charge in [-0.1, -0.05) is 0 Å². The van der Waals surface area contributed by atoms with Crippen molar-refractivity contribution in [2.24, 2.45) is 0 Å². The van der Waals surface area contributed by atoms with Crippen LogP contribution in [0.1, 0.15) is 6.92 Å². The zero-order chi connectivity index (χ0) is 14.5. The molecule has 0 aliphatic heterocycles. The third-order valence-corrected chi connectivity index (χ3v) is 3.08. The van der Waals surface area contributed by atoms with E-state index in [1.165, 1.54) is 16.8 Å². The van der Waals surface area contributed by atoms with E-state index >= 15 is 0 Å². The van der Waals surface area contributed by atoms with Crippen molar-refractivity contribution >= 4 is 17.7 Å². The Kier molecular flexibility index (Phi) is 4.51. The molecule has 2 aromatic rings. The molecular formula is C11H11FN4O3S. The van der Waals surface area contributed by atoms with Crippen LogP contribution in [0, 0.1) is 0 Å². The zero-order valence-electron chi connectivity index (χ0n) is 10.4. The number of phenols is 1. The summed E-state index contributed by atoms with van der Waals surface area (Å²) < 4.78 is 19.5. The fourth-order valence-electron chi connectivity index (χ4n) is 1.36. The molecule has 0 aliphatic carbocycles. The van der Waals surface area contributed by atoms with Gasteiger partial charge in [0.05, 0.1) is 12.3 Å². The van der Waals surface area contributed by atoms with Crippen LogP contribution >= 0.6 is 11.8 Å². The number of alkyl halides is 1. The van der Waals surface area contributed by atoms with Gasteiger partial charge in [-0.15, -0.1) is 5.10 Å². The Morgan fingerprint density at radius 2 is 2.20 bits per heavy atom. The van der Waals surface area contributed by atoms with Crippen LogP contribution in [0.4, 0.5) is 4.39 Å². The smallest absolute Gasteiger partial charge is 0.351 e. The van der Waals surface area contributed by atoms with E-state index in [0.29, 0.717) is 17.4 Å². The molecule has 0 amide bonds. The summed E-state index contributed by atoms with van der Waals surface area (Å²) in [6, 6.07) is 6.02. The number of thioether (sulfide) groups is 1. The van der Waals surface area contributed by atoms with Crippen molar-refractivity contribution in [3.8, 4) is 11.4 Å². The standard InChI is InChI=1S/C11H11FN4O3S/c1-2-19-10(18)9(12)20-11-13-14-15-16(11)7-3-5-8(17)6-4-7/h3-6,9,17H,2H2,1H3. The molecule has 0 fully saturated rings. The molecule has 2 rings (SSSR count). The molecule has 1 aromatic heterocycles. The molecule has 7 nitrogen and oxygen atoms in total. The number of ether oxygens (including phenoxy) is 1. The minimum Gasteiger partial charge on any atom is -0.508 e. The number of hydrogen-bond acceptors (Lipinski definition) is 7. The first-order valence-electron chi connectivity index (χ1n) is 5.67. The Morgan fingerprint density at radius 1 is 1.50 bits per heavy atom. The topological polar surface area (TPSA) is 90.1 Å². The van der Waals surface area contributed by atoms with Crippen LogP contribution < -0.4 is 0 Å². The van der Waals surface area contributed by atoms with E-state index in [1.807, 2.05) is 0 Å². The fraction of sp³-hybridized carbons (Fsp3) is 0.273. The SMILES string of the molecule is CCOC(=O)C(F)Sc1nnnn1-c1ccc(O)cc1. The highest BCUT2D eigenvalue weighted by molar-refractivity contribution is 8.00. The average molecular weight is 298 g/mol. The van der Waals surface area contributed by atoms with Crippen molar-refractivity contribution < 1.29 is 19.0 Å². The Morgan fingerprint density at radius 3 is 2.85 bits per heavy atom. The molecule has 0 spiro atoms. The lowest BCUT2D eigenvalue weighted by Gasteiger charge is -2.07. The number of hydrogen-bond donors (Lipinski definition) is 1. The van der Waals surface area contributed by atoms with Gasteiger partial charge >= 0.3 is 5.97 Å². The first-order valence-corrected chi connectivity index (χ1v) is 6.55. The number of phenolic OH excluding ortho intramolecular Hbond substituents is 1. The first-order chi connectivity index (χ1) is 9.61. The number of esters is 1. The van der Waals surface area contributed by atoms with E-state index in [9.17, 15) is 14.3 Å². The number of benzene rings is 1. The van der Waals surface area contributed by atoms with Crippen molar-refractivity contribution in [2.75, 3.05) is 6.61 Å². The van der Waals surface area contributed by atoms with Crippen LogP contribution in [0.15, 0.2) is 29.4 Å². The van der Waals surface area contributed by atoms with Gasteiger partial charge in [-0.25, -0.2) is 9.18 Å². The number of halogens is 1. The molecule has 0 bridgehead atoms. The second-order valence-corrected chi connectivity index (χ2v) is 4.59. The Hall–Kier alpha value is -2.16. The van der Waals surface area contributed by atoms with Crippen LogP contribution in [0.2, 0.25) is 0 Å². The monoisotopic (exact) mass is 298 g/mol. The summed E-state index contributed by atoms with van der Waals surface area (Å²) in [6.07, 6.45) is 0. The highest BCUT2D eigenvalue weighted by atomic mass is 32.2. The number of aromatic hydroxyl groups is 1. The number of carbonyl (C=O) groups excluding carboxylic acids is 1. The third-order valence-electron chi connectivity index (χ3n) is 2.22. The van der Waals surface area contributed by atoms with Crippen molar-refractivity contribution in [3.63, 3.8) is 0 Å². The van der Waals surface area contributed by atoms with Gasteiger partial charge < -0.3 is 9.84 Å². The van der Waals surface area contributed by atoms with Gasteiger partial charge in [0.15, 0.2) is 0 Å². The number of aromatic nitrogens is 4. The fourth-order valence-corrected chi connectivity index (χ4v) is 2.03. The number of nitrogens with zero attached hydrogens (tertiary/aromatic N) is 4. The third kappa shape index (κ3) is 3.23. The lowest BCUT2D eigenvalue weighted by atomic mass is 10.3. The normalized spacial score (nSPS) is 12.1. The van der Waals surface area contributed by atoms with Crippen molar-refractivity contribution in [2.45, 2.75) is 17.6 Å². The minimum absolute atomic E-state index is 0.0888. The molecule has 1 aromatic carbocycles. The van der Waals surface area contributed by atoms with Gasteiger partial charge in [0, 0.05) is 0 Å². The van der Waals surface area contributed by atoms with Crippen LogP contribution in [0.25, 0.3) is 5.69 Å². The summed E-state index contributed by atoms with van der Waals surface area (Å²) in [5, 5.41) is 20.1. The molecule has 20 heavy (non-hydrogen) atoms. The molecule has 1 heterocycles. The summed E-state index contributed by atoms with van der Waals surface area (Å²) in [5.41, 5.74) is -1.37. The zero-order valence-corrected chi connectivity index (χ0v) is 11.2. The van der Waals surface area contributed by atoms with E-state index in [1.54, 1.807) is 19.1 Å². The minimum atomic E-state index is -1.91. The lowest BCUT2D eigenvalue weighted by molar-refractivity contribution is -0.145. The van der Waals surface area contributed by atoms with Crippen LogP contribution in [0.3, 0.4) is 0 Å². The predicted octanol–water partition coefficient (Wildman–Crippen LogP) is 1.32. The quantitative estimate of drug-likeness (QED) is 0.657. The second kappa shape index (κ2) is 6.33. The highest BCUT2D eigenvalue weighted by Gasteiger charge is 2.23. The average Bonchev–Trinajstić information content (AvgIpc) is 2.88. The molecule has 0 saturated heterocycles. The Labute approximate surface area is 117 Å². The maximum atomic E-state index is 13.6. The van der Waals surface area contributed by atoms with E-state index in [4.69, 9.17) is 0 Å². The van der Waals surface area contributed by atoms with E-state index in [2.05, 4.69) is 20.3 Å². The van der Waals surface area contributed by atoms with E-state index in [-0.39, 0.29) is 17.5 Å². The van der Waals surface area contributed by atoms with Crippen molar-refractivity contribution in [1.29, 1.82) is 0 Å². The summed E-state index contributed by atoms with van der Waals surface area (Å²) in [7, 11) is 0. The Balaban J connectivity index is 2.16. The predicted molar refractivity (Wildman–Crippen MR) is 68.2 cm³/mol. The summed E-state index contributed by atoms with van der Waals surface area (Å²) in [4.78, 5) is 11.2. The molecule has 0 radical (unpaired) electrons. The van der Waals surface area contributed by atoms with E-state index < -0.39 is 11.5 Å². The number of rotatable bonds is 5. The first kappa shape index (κ1) is 14.3. The van der Waals surface area contributed by atoms with Gasteiger partial charge in [0.1, 0.15) is 5.75 Å². The molecule has 1 unspecified atom stereocenters. The van der Waals surface area contributed by atoms with Crippen LogP contribution in [-0.4, -0.2) is 43.4 Å². The highest BCUT2D eigenvalue weighted by Crippen LogP contribution is 2.25. The maximum Gasteiger partial charge on any atom is 0.351 e. The number of carbonyl (C=O) groups is 1. The Bertz CT molecular complexity index is 590. The molecule has 1 atom stereocenters. The van der Waals surface area contributed by atoms with Crippen LogP contribution in [0.5, 0.6) is 5.75 Å². The summed E-state index contributed by atoms with van der Waals surface area (Å²) in [5.74, 6) is -0.885. The van der Waals surface area contributed by atoms with Gasteiger partial charge in [-0.2, -0.15) is 4.68 Å². The second-order valence-electron chi connectivity index (χ2n) is 3.58. The molecule has 0 saturated carbocycles. The van der Waals surface area contributed by atoms with Crippen molar-refractivity contribution in [1.82, 2.24) is 20.2 Å². The molecular weight excluding hydrogens is 287 g/mol. The lowest BCUT2D eigenvalue weighted by Crippen LogP contribution is -2.16. The van der Waals surface area contributed by atoms with E-state index in [0.717, 1.165) is 0 Å². The van der Waals surface area contributed by atoms with Gasteiger partial charge in [-0.05, 0) is 53.4 Å². The summed E-state index contributed by atoms with van der Waals surface area (Å²) >= 11 is 0.547. The maximum absolute atomic E-state index is 13.6. The summed E-state index contributed by atoms with van der Waals surface area (Å²) in [6.45, 7) is 1.69.